The van der Waals surface area contributed by atoms with Gasteiger partial charge in [-0.3, -0.25) is 0 Å². The highest BCUT2D eigenvalue weighted by Gasteiger charge is 2.59. The Labute approximate surface area is 155 Å². The van der Waals surface area contributed by atoms with Crippen LogP contribution >= 0.6 is 0 Å². The predicted octanol–water partition coefficient (Wildman–Crippen LogP) is 6.99. The second kappa shape index (κ2) is 5.68. The van der Waals surface area contributed by atoms with Crippen molar-refractivity contribution in [2.24, 2.45) is 0 Å². The van der Waals surface area contributed by atoms with Gasteiger partial charge in [0.1, 0.15) is 0 Å². The Kier molecular flexibility index (Phi) is 4.13. The first kappa shape index (κ1) is 18.2. The SMILES string of the molecule is C=Cc1ccc2c(c1)C([Si](C)(C)C)([Si](C)(C)C)c1cc(C=C)ccc1-2. The van der Waals surface area contributed by atoms with Crippen LogP contribution in [0, 0.1) is 0 Å². The highest BCUT2D eigenvalue weighted by Crippen LogP contribution is 2.58. The molecule has 2 aromatic rings. The molecule has 0 nitrogen and oxygen atoms in total. The summed E-state index contributed by atoms with van der Waals surface area (Å²) in [5, 5.41) is 0. The molecular formula is C23H30Si2. The number of fused-ring (bicyclic) bond motifs is 3. The number of hydrogen-bond donors (Lipinski definition) is 0. The molecule has 0 aromatic heterocycles. The summed E-state index contributed by atoms with van der Waals surface area (Å²) >= 11 is 0. The van der Waals surface area contributed by atoms with E-state index >= 15 is 0 Å². The molecule has 0 unspecified atom stereocenters. The van der Waals surface area contributed by atoms with Crippen molar-refractivity contribution in [1.29, 1.82) is 0 Å². The molecule has 0 saturated heterocycles. The average Bonchev–Trinajstić information content (AvgIpc) is 2.83. The highest BCUT2D eigenvalue weighted by molar-refractivity contribution is 6.99. The Balaban J connectivity index is 2.53. The fourth-order valence-electron chi connectivity index (χ4n) is 5.35. The molecule has 0 spiro atoms. The van der Waals surface area contributed by atoms with Gasteiger partial charge in [-0.2, -0.15) is 0 Å². The molecule has 0 aliphatic heterocycles. The van der Waals surface area contributed by atoms with E-state index in [1.165, 1.54) is 22.3 Å². The van der Waals surface area contributed by atoms with E-state index < -0.39 is 16.1 Å². The summed E-state index contributed by atoms with van der Waals surface area (Å²) in [4.78, 5) is 0. The lowest BCUT2D eigenvalue weighted by molar-refractivity contribution is 0.951. The molecule has 25 heavy (non-hydrogen) atoms. The lowest BCUT2D eigenvalue weighted by Gasteiger charge is -2.51. The van der Waals surface area contributed by atoms with E-state index in [0.29, 0.717) is 0 Å². The van der Waals surface area contributed by atoms with Gasteiger partial charge in [-0.05, 0) is 33.4 Å². The first-order valence-electron chi connectivity index (χ1n) is 9.12. The molecule has 0 fully saturated rings. The minimum absolute atomic E-state index is 0.197. The maximum atomic E-state index is 4.01. The Morgan fingerprint density at radius 1 is 0.680 bits per heavy atom. The highest BCUT2D eigenvalue weighted by atomic mass is 28.4. The van der Waals surface area contributed by atoms with Gasteiger partial charge < -0.3 is 0 Å². The zero-order valence-corrected chi connectivity index (χ0v) is 18.5. The second-order valence-corrected chi connectivity index (χ2v) is 20.3. The molecular weight excluding hydrogens is 332 g/mol. The van der Waals surface area contributed by atoms with Crippen LogP contribution < -0.4 is 0 Å². The van der Waals surface area contributed by atoms with Crippen LogP contribution in [0.1, 0.15) is 22.3 Å². The molecule has 1 aliphatic carbocycles. The van der Waals surface area contributed by atoms with Crippen molar-refractivity contribution in [3.63, 3.8) is 0 Å². The first-order valence-corrected chi connectivity index (χ1v) is 16.1. The standard InChI is InChI=1S/C23H30Si2/c1-9-17-11-13-19-20-14-12-18(10-2)16-22(20)23(21(19)15-17,24(3,4)5)25(6,7)8/h9-16H,1-2H2,3-8H3. The molecule has 1 aliphatic rings. The van der Waals surface area contributed by atoms with Crippen LogP contribution in [0.4, 0.5) is 0 Å². The third-order valence-corrected chi connectivity index (χ3v) is 16.0. The van der Waals surface area contributed by atoms with Gasteiger partial charge in [-0.25, -0.2) is 0 Å². The Hall–Kier alpha value is -1.65. The van der Waals surface area contributed by atoms with E-state index in [9.17, 15) is 0 Å². The van der Waals surface area contributed by atoms with Crippen molar-refractivity contribution >= 4 is 28.3 Å². The molecule has 2 heteroatoms. The van der Waals surface area contributed by atoms with Crippen LogP contribution in [0.5, 0.6) is 0 Å². The molecule has 0 amide bonds. The van der Waals surface area contributed by atoms with Crippen LogP contribution in [-0.4, -0.2) is 16.1 Å². The lowest BCUT2D eigenvalue weighted by Crippen LogP contribution is -2.63. The van der Waals surface area contributed by atoms with Crippen molar-refractivity contribution < 1.29 is 0 Å². The summed E-state index contributed by atoms with van der Waals surface area (Å²) in [5.41, 5.74) is 8.44. The van der Waals surface area contributed by atoms with E-state index in [1.54, 1.807) is 11.1 Å². The van der Waals surface area contributed by atoms with Gasteiger partial charge in [0.05, 0.1) is 16.1 Å². The molecule has 3 rings (SSSR count). The normalized spacial score (nSPS) is 15.4. The average molecular weight is 363 g/mol. The summed E-state index contributed by atoms with van der Waals surface area (Å²) in [6, 6.07) is 13.9. The predicted molar refractivity (Wildman–Crippen MR) is 120 cm³/mol. The minimum Gasteiger partial charge on any atom is -0.0985 e. The van der Waals surface area contributed by atoms with Gasteiger partial charge in [0, 0.05) is 4.66 Å². The molecule has 0 radical (unpaired) electrons. The maximum Gasteiger partial charge on any atom is 0.0579 e. The fourth-order valence-corrected chi connectivity index (χ4v) is 18.4. The van der Waals surface area contributed by atoms with Crippen LogP contribution in [0.2, 0.25) is 39.3 Å². The number of rotatable bonds is 4. The van der Waals surface area contributed by atoms with Crippen LogP contribution in [0.25, 0.3) is 23.3 Å². The second-order valence-electron chi connectivity index (χ2n) is 9.27. The number of hydrogen-bond acceptors (Lipinski definition) is 0. The topological polar surface area (TPSA) is 0 Å². The van der Waals surface area contributed by atoms with Crippen molar-refractivity contribution in [3.8, 4) is 11.1 Å². The van der Waals surface area contributed by atoms with Crippen LogP contribution in [0.3, 0.4) is 0 Å². The Bertz CT molecular complexity index is 787. The third-order valence-electron chi connectivity index (χ3n) is 5.91. The summed E-state index contributed by atoms with van der Waals surface area (Å²) in [7, 11) is -3.18. The van der Waals surface area contributed by atoms with Gasteiger partial charge in [0.2, 0.25) is 0 Å². The van der Waals surface area contributed by atoms with E-state index in [1.807, 2.05) is 12.2 Å². The molecule has 130 valence electrons. The molecule has 0 N–H and O–H groups in total. The van der Waals surface area contributed by atoms with Gasteiger partial charge >= 0.3 is 0 Å². The summed E-state index contributed by atoms with van der Waals surface area (Å²) in [5.74, 6) is 0. The van der Waals surface area contributed by atoms with Gasteiger partial charge in [-0.15, -0.1) is 0 Å². The Morgan fingerprint density at radius 2 is 1.04 bits per heavy atom. The van der Waals surface area contributed by atoms with E-state index in [0.717, 1.165) is 0 Å². The summed E-state index contributed by atoms with van der Waals surface area (Å²) < 4.78 is 0.197. The minimum atomic E-state index is -1.59. The zero-order chi connectivity index (χ0) is 18.6. The van der Waals surface area contributed by atoms with Crippen LogP contribution in [-0.2, 0) is 4.66 Å². The molecule has 0 saturated carbocycles. The lowest BCUT2D eigenvalue weighted by atomic mass is 10.0. The zero-order valence-electron chi connectivity index (χ0n) is 16.5. The summed E-state index contributed by atoms with van der Waals surface area (Å²) in [6.45, 7) is 23.3. The monoisotopic (exact) mass is 362 g/mol. The molecule has 0 heterocycles. The van der Waals surface area contributed by atoms with Gasteiger partial charge in [0.15, 0.2) is 0 Å². The van der Waals surface area contributed by atoms with E-state index in [-0.39, 0.29) is 4.66 Å². The fraction of sp³-hybridized carbons (Fsp3) is 0.304. The van der Waals surface area contributed by atoms with Crippen molar-refractivity contribution in [2.45, 2.75) is 43.9 Å². The smallest absolute Gasteiger partial charge is 0.0579 e. The summed E-state index contributed by atoms with van der Waals surface area (Å²) in [6.07, 6.45) is 3.97. The third kappa shape index (κ3) is 2.38. The van der Waals surface area contributed by atoms with Gasteiger partial charge in [-0.1, -0.05) is 101 Å². The van der Waals surface area contributed by atoms with Gasteiger partial charge in [0.25, 0.3) is 0 Å². The maximum absolute atomic E-state index is 4.01. The van der Waals surface area contributed by atoms with Crippen molar-refractivity contribution in [3.05, 3.63) is 71.8 Å². The van der Waals surface area contributed by atoms with Crippen molar-refractivity contribution in [2.75, 3.05) is 0 Å². The molecule has 0 atom stereocenters. The largest absolute Gasteiger partial charge is 0.0985 e. The van der Waals surface area contributed by atoms with Crippen molar-refractivity contribution in [1.82, 2.24) is 0 Å². The Morgan fingerprint density at radius 3 is 1.32 bits per heavy atom. The quantitative estimate of drug-likeness (QED) is 0.514. The first-order chi connectivity index (χ1) is 11.6. The molecule has 0 bridgehead atoms. The van der Waals surface area contributed by atoms with Crippen LogP contribution in [0.15, 0.2) is 49.6 Å². The van der Waals surface area contributed by atoms with E-state index in [4.69, 9.17) is 0 Å². The molecule has 2 aromatic carbocycles. The number of benzene rings is 2. The van der Waals surface area contributed by atoms with E-state index in [2.05, 4.69) is 88.8 Å².